The number of aryl methyl sites for hydroxylation is 1. The predicted octanol–water partition coefficient (Wildman–Crippen LogP) is 4.75. The van der Waals surface area contributed by atoms with E-state index in [-0.39, 0.29) is 0 Å². The largest absolute Gasteiger partial charge is 0.422 e. The summed E-state index contributed by atoms with van der Waals surface area (Å²) < 4.78 is 91.8. The second-order valence-corrected chi connectivity index (χ2v) is 5.21. The van der Waals surface area contributed by atoms with Gasteiger partial charge in [0.05, 0.1) is 6.42 Å². The van der Waals surface area contributed by atoms with Crippen molar-refractivity contribution in [2.75, 3.05) is 5.32 Å². The molecule has 0 spiro atoms. The molecule has 0 saturated heterocycles. The maximum absolute atomic E-state index is 13.7. The summed E-state index contributed by atoms with van der Waals surface area (Å²) in [4.78, 5) is 11.8. The first-order valence-corrected chi connectivity index (χ1v) is 6.81. The number of nitrogens with one attached hydrogen (secondary N) is 1. The number of anilines is 1. The van der Waals surface area contributed by atoms with Gasteiger partial charge in [-0.2, -0.15) is 13.2 Å². The van der Waals surface area contributed by atoms with E-state index in [1.807, 2.05) is 0 Å². The summed E-state index contributed by atoms with van der Waals surface area (Å²) in [5, 5.41) is 1.57. The summed E-state index contributed by atoms with van der Waals surface area (Å²) in [5.74, 6) is -11.0. The molecule has 2 aromatic carbocycles. The monoisotopic (exact) mass is 365 g/mol. The van der Waals surface area contributed by atoms with Crippen LogP contribution in [0.3, 0.4) is 0 Å². The molecule has 2 aromatic rings. The van der Waals surface area contributed by atoms with Crippen LogP contribution in [-0.2, 0) is 17.4 Å². The van der Waals surface area contributed by atoms with Gasteiger partial charge in [0.1, 0.15) is 11.3 Å². The highest BCUT2D eigenvalue weighted by Crippen LogP contribution is 2.38. The fourth-order valence-corrected chi connectivity index (χ4v) is 2.07. The zero-order valence-corrected chi connectivity index (χ0v) is 12.6. The fourth-order valence-electron chi connectivity index (χ4n) is 2.07. The quantitative estimate of drug-likeness (QED) is 0.617. The van der Waals surface area contributed by atoms with Crippen molar-refractivity contribution >= 4 is 11.6 Å². The molecule has 0 radical (unpaired) electrons. The first-order valence-electron chi connectivity index (χ1n) is 6.81. The van der Waals surface area contributed by atoms with Crippen molar-refractivity contribution in [3.8, 4) is 0 Å². The molecule has 0 aromatic heterocycles. The molecule has 9 heteroatoms. The molecule has 25 heavy (non-hydrogen) atoms. The first-order chi connectivity index (χ1) is 11.5. The second-order valence-electron chi connectivity index (χ2n) is 5.21. The van der Waals surface area contributed by atoms with E-state index in [4.69, 9.17) is 0 Å². The fraction of sp³-hybridized carbons (Fsp3) is 0.188. The molecule has 1 amide bonds. The molecule has 0 unspecified atom stereocenters. The third kappa shape index (κ3) is 3.92. The van der Waals surface area contributed by atoms with Crippen LogP contribution in [-0.4, -0.2) is 5.91 Å². The highest BCUT2D eigenvalue weighted by Gasteiger charge is 2.42. The minimum atomic E-state index is -5.64. The number of carbonyl (C=O) groups is 1. The predicted molar refractivity (Wildman–Crippen MR) is 74.8 cm³/mol. The van der Waals surface area contributed by atoms with Crippen molar-refractivity contribution < 1.29 is 35.5 Å². The van der Waals surface area contributed by atoms with Gasteiger partial charge in [-0.1, -0.05) is 29.8 Å². The molecule has 134 valence electrons. The summed E-state index contributed by atoms with van der Waals surface area (Å²) >= 11 is 0. The summed E-state index contributed by atoms with van der Waals surface area (Å²) in [6.07, 6.45) is -6.04. The number of rotatable bonds is 3. The van der Waals surface area contributed by atoms with Crippen LogP contribution in [0.15, 0.2) is 24.3 Å². The number of hydrogen-bond acceptors (Lipinski definition) is 1. The first kappa shape index (κ1) is 18.8. The van der Waals surface area contributed by atoms with Gasteiger partial charge in [0.25, 0.3) is 0 Å². The van der Waals surface area contributed by atoms with Gasteiger partial charge < -0.3 is 5.32 Å². The lowest BCUT2D eigenvalue weighted by molar-refractivity contribution is -0.143. The number of halogens is 7. The standard InChI is InChI=1S/C16H10F7NO/c1-7-2-4-8(5-3-7)6-9(25)24-15-13(19)11(17)10(16(21,22)23)12(18)14(15)20/h2-5H,6H2,1H3,(H,24,25). The average molecular weight is 365 g/mol. The van der Waals surface area contributed by atoms with Crippen molar-refractivity contribution in [3.05, 3.63) is 64.2 Å². The highest BCUT2D eigenvalue weighted by molar-refractivity contribution is 5.92. The van der Waals surface area contributed by atoms with Gasteiger partial charge in [0, 0.05) is 0 Å². The normalized spacial score (nSPS) is 11.5. The summed E-state index contributed by atoms with van der Waals surface area (Å²) in [7, 11) is 0. The molecule has 2 rings (SSSR count). The van der Waals surface area contributed by atoms with Crippen molar-refractivity contribution in [1.29, 1.82) is 0 Å². The number of hydrogen-bond donors (Lipinski definition) is 1. The van der Waals surface area contributed by atoms with Crippen LogP contribution in [0.5, 0.6) is 0 Å². The lowest BCUT2D eigenvalue weighted by Gasteiger charge is -2.14. The van der Waals surface area contributed by atoms with E-state index < -0.39 is 53.0 Å². The molecule has 0 bridgehead atoms. The summed E-state index contributed by atoms with van der Waals surface area (Å²) in [6.45, 7) is 1.78. The Morgan fingerprint density at radius 1 is 0.920 bits per heavy atom. The van der Waals surface area contributed by atoms with Crippen molar-refractivity contribution in [1.82, 2.24) is 0 Å². The number of alkyl halides is 3. The van der Waals surface area contributed by atoms with Crippen LogP contribution in [0.4, 0.5) is 36.4 Å². The zero-order valence-electron chi connectivity index (χ0n) is 12.6. The molecule has 0 aliphatic carbocycles. The van der Waals surface area contributed by atoms with Crippen molar-refractivity contribution in [2.45, 2.75) is 19.5 Å². The van der Waals surface area contributed by atoms with E-state index in [9.17, 15) is 35.5 Å². The van der Waals surface area contributed by atoms with E-state index in [0.29, 0.717) is 5.56 Å². The molecular weight excluding hydrogens is 355 g/mol. The lowest BCUT2D eigenvalue weighted by atomic mass is 10.1. The molecule has 0 fully saturated rings. The van der Waals surface area contributed by atoms with Crippen LogP contribution >= 0.6 is 0 Å². The van der Waals surface area contributed by atoms with Gasteiger partial charge in [-0.05, 0) is 12.5 Å². The van der Waals surface area contributed by atoms with Crippen LogP contribution in [0.25, 0.3) is 0 Å². The Bertz CT molecular complexity index is 784. The molecule has 0 saturated carbocycles. The average Bonchev–Trinajstić information content (AvgIpc) is 2.51. The Labute approximate surface area is 137 Å². The maximum Gasteiger partial charge on any atom is 0.422 e. The Morgan fingerprint density at radius 3 is 1.84 bits per heavy atom. The van der Waals surface area contributed by atoms with Crippen LogP contribution in [0, 0.1) is 30.2 Å². The zero-order chi connectivity index (χ0) is 18.9. The summed E-state index contributed by atoms with van der Waals surface area (Å²) in [5.41, 5.74) is -3.00. The Morgan fingerprint density at radius 2 is 1.40 bits per heavy atom. The molecule has 0 aliphatic heterocycles. The van der Waals surface area contributed by atoms with Crippen LogP contribution in [0.1, 0.15) is 16.7 Å². The molecule has 0 atom stereocenters. The van der Waals surface area contributed by atoms with E-state index in [1.165, 1.54) is 12.1 Å². The van der Waals surface area contributed by atoms with Crippen LogP contribution < -0.4 is 5.32 Å². The molecular formula is C16H10F7NO. The molecule has 0 heterocycles. The van der Waals surface area contributed by atoms with Gasteiger partial charge in [0.15, 0.2) is 23.3 Å². The van der Waals surface area contributed by atoms with Gasteiger partial charge in [-0.15, -0.1) is 0 Å². The van der Waals surface area contributed by atoms with Crippen molar-refractivity contribution in [3.63, 3.8) is 0 Å². The third-order valence-electron chi connectivity index (χ3n) is 3.30. The van der Waals surface area contributed by atoms with E-state index >= 15 is 0 Å². The van der Waals surface area contributed by atoms with Gasteiger partial charge in [-0.3, -0.25) is 4.79 Å². The van der Waals surface area contributed by atoms with Gasteiger partial charge in [-0.25, -0.2) is 17.6 Å². The smallest absolute Gasteiger partial charge is 0.321 e. The van der Waals surface area contributed by atoms with Crippen molar-refractivity contribution in [2.24, 2.45) is 0 Å². The summed E-state index contributed by atoms with van der Waals surface area (Å²) in [6, 6.07) is 6.38. The Kier molecular flexibility index (Phi) is 5.05. The maximum atomic E-state index is 13.7. The van der Waals surface area contributed by atoms with Crippen LogP contribution in [0.2, 0.25) is 0 Å². The Balaban J connectivity index is 2.34. The second kappa shape index (κ2) is 6.73. The minimum absolute atomic E-state index is 0.399. The number of benzene rings is 2. The number of amides is 1. The number of carbonyl (C=O) groups excluding carboxylic acids is 1. The van der Waals surface area contributed by atoms with E-state index in [2.05, 4.69) is 0 Å². The van der Waals surface area contributed by atoms with E-state index in [0.717, 1.165) is 5.56 Å². The highest BCUT2D eigenvalue weighted by atomic mass is 19.4. The lowest BCUT2D eigenvalue weighted by Crippen LogP contribution is -2.21. The minimum Gasteiger partial charge on any atom is -0.321 e. The van der Waals surface area contributed by atoms with Gasteiger partial charge >= 0.3 is 6.18 Å². The molecule has 0 aliphatic rings. The SMILES string of the molecule is Cc1ccc(CC(=O)Nc2c(F)c(F)c(C(F)(F)F)c(F)c2F)cc1. The van der Waals surface area contributed by atoms with Gasteiger partial charge in [0.2, 0.25) is 5.91 Å². The topological polar surface area (TPSA) is 29.1 Å². The molecule has 2 nitrogen and oxygen atoms in total. The van der Waals surface area contributed by atoms with E-state index in [1.54, 1.807) is 24.4 Å². The third-order valence-corrected chi connectivity index (χ3v) is 3.30. The molecule has 1 N–H and O–H groups in total. The Hall–Kier alpha value is -2.58.